The largest absolute Gasteiger partial charge is 0.343 e. The van der Waals surface area contributed by atoms with Crippen LogP contribution in [-0.2, 0) is 9.47 Å². The molecule has 152 valence electrons. The van der Waals surface area contributed by atoms with Gasteiger partial charge < -0.3 is 9.47 Å². The molecule has 0 aliphatic carbocycles. The minimum atomic E-state index is -0.0135. The molecule has 3 rings (SSSR count). The highest BCUT2D eigenvalue weighted by molar-refractivity contribution is 8.09. The normalized spacial score (nSPS) is 42.0. The molecule has 3 heterocycles. The van der Waals surface area contributed by atoms with Gasteiger partial charge in [-0.1, -0.05) is 0 Å². The van der Waals surface area contributed by atoms with Gasteiger partial charge in [0.1, 0.15) is 20.7 Å². The van der Waals surface area contributed by atoms with Crippen LogP contribution in [-0.4, -0.2) is 77.3 Å². The summed E-state index contributed by atoms with van der Waals surface area (Å²) in [5.41, 5.74) is 0.280. The van der Waals surface area contributed by atoms with E-state index in [0.29, 0.717) is 0 Å². The molecule has 3 aliphatic heterocycles. The molecule has 3 saturated heterocycles. The predicted molar refractivity (Wildman–Crippen MR) is 137 cm³/mol. The highest BCUT2D eigenvalue weighted by Crippen LogP contribution is 2.49. The summed E-state index contributed by atoms with van der Waals surface area (Å²) >= 11 is 21.1. The van der Waals surface area contributed by atoms with Gasteiger partial charge in [0.25, 0.3) is 0 Å². The Balaban J connectivity index is 1.13. The summed E-state index contributed by atoms with van der Waals surface area (Å²) < 4.78 is 11.0. The Morgan fingerprint density at radius 3 is 1.50 bits per heavy atom. The molecule has 6 atom stereocenters. The Labute approximate surface area is 194 Å². The van der Waals surface area contributed by atoms with E-state index in [1.165, 1.54) is 34.5 Å². The van der Waals surface area contributed by atoms with Crippen molar-refractivity contribution in [1.29, 1.82) is 0 Å². The Morgan fingerprint density at radius 1 is 0.808 bits per heavy atom. The Bertz CT molecular complexity index is 410. The molecule has 0 bridgehead atoms. The first-order valence-electron chi connectivity index (χ1n) is 8.80. The summed E-state index contributed by atoms with van der Waals surface area (Å²) in [5.74, 6) is 9.99. The lowest BCUT2D eigenvalue weighted by atomic mass is 10.5. The van der Waals surface area contributed by atoms with Gasteiger partial charge in [0, 0.05) is 56.5 Å². The molecule has 0 aromatic carbocycles. The van der Waals surface area contributed by atoms with E-state index in [9.17, 15) is 0 Å². The van der Waals surface area contributed by atoms with Gasteiger partial charge in [-0.2, -0.15) is 47.0 Å². The van der Waals surface area contributed by atoms with Crippen molar-refractivity contribution < 1.29 is 9.47 Å². The molecule has 0 amide bonds. The fraction of sp³-hybridized carbons (Fsp3) is 1.00. The van der Waals surface area contributed by atoms with E-state index >= 15 is 0 Å². The smallest absolute Gasteiger partial charge is 0.147 e. The van der Waals surface area contributed by atoms with Crippen molar-refractivity contribution in [3.8, 4) is 0 Å². The third-order valence-corrected chi connectivity index (χ3v) is 14.9. The molecule has 0 radical (unpaired) electrons. The van der Waals surface area contributed by atoms with Crippen molar-refractivity contribution in [2.45, 2.75) is 45.1 Å². The first-order chi connectivity index (χ1) is 12.4. The molecule has 10 heteroatoms. The van der Waals surface area contributed by atoms with Gasteiger partial charge in [0.15, 0.2) is 0 Å². The Kier molecular flexibility index (Phi) is 9.75. The minimum absolute atomic E-state index is 0.0135. The summed E-state index contributed by atoms with van der Waals surface area (Å²) in [7, 11) is 0. The average Bonchev–Trinajstić information content (AvgIpc) is 3.43. The second-order valence-electron chi connectivity index (χ2n) is 6.73. The van der Waals surface area contributed by atoms with E-state index in [-0.39, 0.29) is 20.7 Å². The van der Waals surface area contributed by atoms with Gasteiger partial charge >= 0.3 is 0 Å². The van der Waals surface area contributed by atoms with E-state index in [1.54, 1.807) is 0 Å². The topological polar surface area (TPSA) is 25.1 Å². The number of hydrogen-bond acceptors (Lipinski definition) is 10. The first kappa shape index (κ1) is 23.4. The summed E-state index contributed by atoms with van der Waals surface area (Å²) in [4.78, 5) is -0.0271. The Morgan fingerprint density at radius 2 is 1.19 bits per heavy atom. The molecule has 0 aromatic heterocycles. The van der Waals surface area contributed by atoms with Crippen molar-refractivity contribution in [1.82, 2.24) is 0 Å². The molecule has 0 spiro atoms. The van der Waals surface area contributed by atoms with Crippen LogP contribution in [0.1, 0.15) is 13.8 Å². The SMILES string of the molecule is CC1(SCCSCC2CSC(CSCCSC3(C)OC3S)CS2)OC1S. The van der Waals surface area contributed by atoms with E-state index < -0.39 is 0 Å². The van der Waals surface area contributed by atoms with Crippen LogP contribution in [0.2, 0.25) is 0 Å². The number of ether oxygens (including phenoxy) is 2. The van der Waals surface area contributed by atoms with Gasteiger partial charge in [-0.05, 0) is 13.8 Å². The van der Waals surface area contributed by atoms with Crippen LogP contribution in [0.4, 0.5) is 0 Å². The van der Waals surface area contributed by atoms with Crippen LogP contribution >= 0.6 is 95.8 Å². The standard InChI is InChI=1S/C16H28O2S8/c1-15(13(19)17-15)25-5-3-21-7-11-9-24-12(10-23-11)8-22-4-6-26-16(2)14(20)18-16/h11-14,19-20H,3-10H2,1-2H3. The van der Waals surface area contributed by atoms with E-state index in [0.717, 1.165) is 22.0 Å². The first-order valence-corrected chi connectivity index (χ1v) is 16.2. The van der Waals surface area contributed by atoms with Gasteiger partial charge in [0.05, 0.1) is 0 Å². The van der Waals surface area contributed by atoms with Crippen LogP contribution in [0.3, 0.4) is 0 Å². The summed E-state index contributed by atoms with van der Waals surface area (Å²) in [6, 6.07) is 0. The number of rotatable bonds is 12. The lowest BCUT2D eigenvalue weighted by molar-refractivity contribution is 0.394. The minimum Gasteiger partial charge on any atom is -0.343 e. The molecular formula is C16H28O2S8. The molecule has 0 saturated carbocycles. The fourth-order valence-electron chi connectivity index (χ4n) is 2.40. The number of thiol groups is 2. The molecular weight excluding hydrogens is 481 g/mol. The second kappa shape index (κ2) is 10.8. The number of thioether (sulfide) groups is 6. The van der Waals surface area contributed by atoms with E-state index in [2.05, 4.69) is 86.2 Å². The maximum Gasteiger partial charge on any atom is 0.147 e. The number of hydrogen-bond donors (Lipinski definition) is 2. The van der Waals surface area contributed by atoms with Gasteiger partial charge in [-0.15, -0.1) is 48.8 Å². The fourth-order valence-corrected chi connectivity index (χ4v) is 11.6. The predicted octanol–water partition coefficient (Wildman–Crippen LogP) is 5.14. The van der Waals surface area contributed by atoms with Crippen molar-refractivity contribution in [3.05, 3.63) is 0 Å². The Hall–Kier alpha value is 2.72. The molecule has 0 N–H and O–H groups in total. The second-order valence-corrected chi connectivity index (χ2v) is 15.6. The molecule has 0 aromatic rings. The highest BCUT2D eigenvalue weighted by atomic mass is 32.2. The van der Waals surface area contributed by atoms with E-state index in [1.807, 2.05) is 23.5 Å². The van der Waals surface area contributed by atoms with Crippen molar-refractivity contribution in [2.24, 2.45) is 0 Å². The van der Waals surface area contributed by atoms with Crippen LogP contribution < -0.4 is 0 Å². The van der Waals surface area contributed by atoms with E-state index in [4.69, 9.17) is 9.47 Å². The molecule has 2 nitrogen and oxygen atoms in total. The summed E-state index contributed by atoms with van der Waals surface area (Å²) in [6.45, 7) is 4.28. The van der Waals surface area contributed by atoms with Gasteiger partial charge in [0.2, 0.25) is 0 Å². The molecule has 26 heavy (non-hydrogen) atoms. The van der Waals surface area contributed by atoms with Crippen molar-refractivity contribution in [3.63, 3.8) is 0 Å². The monoisotopic (exact) mass is 508 g/mol. The van der Waals surface area contributed by atoms with Crippen LogP contribution in [0.15, 0.2) is 0 Å². The average molecular weight is 509 g/mol. The zero-order valence-corrected chi connectivity index (χ0v) is 21.8. The third kappa shape index (κ3) is 7.45. The van der Waals surface area contributed by atoms with Crippen LogP contribution in [0.25, 0.3) is 0 Å². The van der Waals surface area contributed by atoms with Gasteiger partial charge in [-0.25, -0.2) is 0 Å². The van der Waals surface area contributed by atoms with Crippen molar-refractivity contribution >= 4 is 95.8 Å². The lowest BCUT2D eigenvalue weighted by Crippen LogP contribution is -2.25. The number of epoxide rings is 2. The maximum atomic E-state index is 5.48. The van der Waals surface area contributed by atoms with Gasteiger partial charge in [-0.3, -0.25) is 0 Å². The van der Waals surface area contributed by atoms with Crippen LogP contribution in [0.5, 0.6) is 0 Å². The summed E-state index contributed by atoms with van der Waals surface area (Å²) in [5, 5.41) is 1.66. The quantitative estimate of drug-likeness (QED) is 0.212. The molecule has 3 fully saturated rings. The third-order valence-electron chi connectivity index (χ3n) is 4.35. The lowest BCUT2D eigenvalue weighted by Gasteiger charge is -2.27. The maximum absolute atomic E-state index is 5.48. The van der Waals surface area contributed by atoms with Crippen molar-refractivity contribution in [2.75, 3.05) is 46.0 Å². The molecule has 6 unspecified atom stereocenters. The zero-order chi connectivity index (χ0) is 18.6. The summed E-state index contributed by atoms with van der Waals surface area (Å²) in [6.07, 6.45) is 0. The zero-order valence-electron chi connectivity index (χ0n) is 15.1. The molecule has 3 aliphatic rings. The van der Waals surface area contributed by atoms with Crippen LogP contribution in [0, 0.1) is 0 Å². The highest BCUT2D eigenvalue weighted by Gasteiger charge is 2.51.